The van der Waals surface area contributed by atoms with Crippen molar-refractivity contribution >= 4 is 34.5 Å². The van der Waals surface area contributed by atoms with Crippen LogP contribution in [-0.4, -0.2) is 16.5 Å². The molecule has 1 aromatic heterocycles. The number of rotatable bonds is 5. The number of amides is 1. The SMILES string of the molecule is Cc1c(/C=C(\C#N)C(=O)N[C@@H]2CCCC[C@H]2C)c2ccccc2n1Cc1ccccc1Cl. The number of fused-ring (bicyclic) bond motifs is 1. The van der Waals surface area contributed by atoms with Gasteiger partial charge in [0.2, 0.25) is 0 Å². The second kappa shape index (κ2) is 9.63. The van der Waals surface area contributed by atoms with Crippen LogP contribution in [0, 0.1) is 24.2 Å². The number of halogens is 1. The summed E-state index contributed by atoms with van der Waals surface area (Å²) in [5.74, 6) is 0.153. The van der Waals surface area contributed by atoms with E-state index in [1.54, 1.807) is 6.08 Å². The van der Waals surface area contributed by atoms with Crippen molar-refractivity contribution in [3.05, 3.63) is 75.9 Å². The smallest absolute Gasteiger partial charge is 0.262 e. The summed E-state index contributed by atoms with van der Waals surface area (Å²) >= 11 is 6.42. The number of nitriles is 1. The van der Waals surface area contributed by atoms with Crippen molar-refractivity contribution in [2.45, 2.75) is 52.1 Å². The van der Waals surface area contributed by atoms with Crippen LogP contribution in [0.15, 0.2) is 54.1 Å². The van der Waals surface area contributed by atoms with Crippen molar-refractivity contribution in [2.75, 3.05) is 0 Å². The largest absolute Gasteiger partial charge is 0.348 e. The quantitative estimate of drug-likeness (QED) is 0.372. The summed E-state index contributed by atoms with van der Waals surface area (Å²) < 4.78 is 2.19. The van der Waals surface area contributed by atoms with Crippen LogP contribution < -0.4 is 5.32 Å². The summed E-state index contributed by atoms with van der Waals surface area (Å²) in [6.07, 6.45) is 6.16. The van der Waals surface area contributed by atoms with Gasteiger partial charge in [-0.2, -0.15) is 5.26 Å². The summed E-state index contributed by atoms with van der Waals surface area (Å²) in [6.45, 7) is 4.82. The first-order valence-corrected chi connectivity index (χ1v) is 11.6. The molecule has 32 heavy (non-hydrogen) atoms. The Kier molecular flexibility index (Phi) is 6.67. The molecule has 0 unspecified atom stereocenters. The zero-order valence-corrected chi connectivity index (χ0v) is 19.3. The van der Waals surface area contributed by atoms with Gasteiger partial charge in [-0.15, -0.1) is 0 Å². The Labute approximate surface area is 194 Å². The molecule has 2 atom stereocenters. The number of nitrogens with zero attached hydrogens (tertiary/aromatic N) is 2. The molecule has 1 aliphatic carbocycles. The van der Waals surface area contributed by atoms with Gasteiger partial charge in [0.05, 0.1) is 0 Å². The van der Waals surface area contributed by atoms with E-state index in [1.807, 2.05) is 49.4 Å². The van der Waals surface area contributed by atoms with Crippen LogP contribution in [0.2, 0.25) is 5.02 Å². The van der Waals surface area contributed by atoms with Crippen molar-refractivity contribution in [1.29, 1.82) is 5.26 Å². The maximum absolute atomic E-state index is 13.0. The zero-order valence-electron chi connectivity index (χ0n) is 18.6. The third kappa shape index (κ3) is 4.45. The third-order valence-electron chi connectivity index (χ3n) is 6.65. The second-order valence-corrected chi connectivity index (χ2v) is 9.11. The first-order valence-electron chi connectivity index (χ1n) is 11.2. The normalized spacial score (nSPS) is 19.0. The summed E-state index contributed by atoms with van der Waals surface area (Å²) in [7, 11) is 0. The summed E-state index contributed by atoms with van der Waals surface area (Å²) in [6, 6.07) is 18.2. The zero-order chi connectivity index (χ0) is 22.7. The van der Waals surface area contributed by atoms with Gasteiger partial charge >= 0.3 is 0 Å². The highest BCUT2D eigenvalue weighted by Gasteiger charge is 2.24. The number of hydrogen-bond donors (Lipinski definition) is 1. The molecule has 164 valence electrons. The Morgan fingerprint density at radius 1 is 1.19 bits per heavy atom. The molecule has 4 nitrogen and oxygen atoms in total. The van der Waals surface area contributed by atoms with Crippen LogP contribution in [0.3, 0.4) is 0 Å². The third-order valence-corrected chi connectivity index (χ3v) is 7.02. The van der Waals surface area contributed by atoms with Crippen LogP contribution in [0.25, 0.3) is 17.0 Å². The standard InChI is InChI=1S/C27H28ClN3O/c1-18-9-3-7-13-25(18)30-27(32)21(16-29)15-23-19(2)31(26-14-8-5-11-22(23)26)17-20-10-4-6-12-24(20)28/h4-6,8,10-12,14-15,18,25H,3,7,9,13,17H2,1-2H3,(H,30,32)/b21-15+/t18-,25-/m1/s1. The second-order valence-electron chi connectivity index (χ2n) is 8.71. The molecule has 0 bridgehead atoms. The molecule has 4 rings (SSSR count). The number of nitrogens with one attached hydrogen (secondary N) is 1. The van der Waals surface area contributed by atoms with Gasteiger partial charge in [-0.3, -0.25) is 4.79 Å². The van der Waals surface area contributed by atoms with Gasteiger partial charge in [-0.05, 0) is 49.5 Å². The van der Waals surface area contributed by atoms with Crippen molar-refractivity contribution in [3.8, 4) is 6.07 Å². The van der Waals surface area contributed by atoms with Crippen LogP contribution in [0.4, 0.5) is 0 Å². The Hall–Kier alpha value is -3.03. The first kappa shape index (κ1) is 22.2. The fraction of sp³-hybridized carbons (Fsp3) is 0.333. The molecule has 5 heteroatoms. The van der Waals surface area contributed by atoms with Crippen molar-refractivity contribution in [3.63, 3.8) is 0 Å². The van der Waals surface area contributed by atoms with Gasteiger partial charge in [-0.1, -0.05) is 67.8 Å². The maximum atomic E-state index is 13.0. The lowest BCUT2D eigenvalue weighted by atomic mass is 9.86. The number of para-hydroxylation sites is 1. The van der Waals surface area contributed by atoms with Gasteiger partial charge in [0, 0.05) is 39.8 Å². The van der Waals surface area contributed by atoms with Gasteiger partial charge in [0.15, 0.2) is 0 Å². The highest BCUT2D eigenvalue weighted by atomic mass is 35.5. The molecule has 1 saturated carbocycles. The lowest BCUT2D eigenvalue weighted by molar-refractivity contribution is -0.118. The van der Waals surface area contributed by atoms with Gasteiger partial charge < -0.3 is 9.88 Å². The maximum Gasteiger partial charge on any atom is 0.262 e. The Morgan fingerprint density at radius 2 is 1.91 bits per heavy atom. The minimum Gasteiger partial charge on any atom is -0.348 e. The highest BCUT2D eigenvalue weighted by Crippen LogP contribution is 2.30. The molecular formula is C27H28ClN3O. The van der Waals surface area contributed by atoms with Gasteiger partial charge in [-0.25, -0.2) is 0 Å². The average molecular weight is 446 g/mol. The molecule has 0 aliphatic heterocycles. The predicted molar refractivity (Wildman–Crippen MR) is 130 cm³/mol. The number of carbonyl (C=O) groups is 1. The van der Waals surface area contributed by atoms with Gasteiger partial charge in [0.1, 0.15) is 11.6 Å². The summed E-state index contributed by atoms with van der Waals surface area (Å²) in [4.78, 5) is 13.0. The first-order chi connectivity index (χ1) is 15.5. The topological polar surface area (TPSA) is 57.8 Å². The molecule has 1 aliphatic rings. The van der Waals surface area contributed by atoms with Crippen LogP contribution in [-0.2, 0) is 11.3 Å². The molecular weight excluding hydrogens is 418 g/mol. The van der Waals surface area contributed by atoms with Crippen molar-refractivity contribution < 1.29 is 4.79 Å². The van der Waals surface area contributed by atoms with E-state index >= 15 is 0 Å². The Morgan fingerprint density at radius 3 is 2.66 bits per heavy atom. The lowest BCUT2D eigenvalue weighted by Gasteiger charge is -2.29. The molecule has 3 aromatic rings. The van der Waals surface area contributed by atoms with E-state index in [4.69, 9.17) is 11.6 Å². The number of benzene rings is 2. The van der Waals surface area contributed by atoms with Crippen molar-refractivity contribution in [1.82, 2.24) is 9.88 Å². The Balaban J connectivity index is 1.71. The molecule has 0 saturated heterocycles. The molecule has 0 spiro atoms. The van der Waals surface area contributed by atoms with Crippen LogP contribution in [0.1, 0.15) is 49.4 Å². The van der Waals surface area contributed by atoms with Crippen molar-refractivity contribution in [2.24, 2.45) is 5.92 Å². The van der Waals surface area contributed by atoms with E-state index in [2.05, 4.69) is 28.9 Å². The molecule has 1 fully saturated rings. The fourth-order valence-electron chi connectivity index (χ4n) is 4.71. The molecule has 1 amide bonds. The molecule has 1 N–H and O–H groups in total. The van der Waals surface area contributed by atoms with E-state index in [-0.39, 0.29) is 17.5 Å². The number of hydrogen-bond acceptors (Lipinski definition) is 2. The van der Waals surface area contributed by atoms with E-state index in [1.165, 1.54) is 6.42 Å². The Bertz CT molecular complexity index is 1220. The summed E-state index contributed by atoms with van der Waals surface area (Å²) in [5.41, 5.74) is 4.12. The molecule has 2 aromatic carbocycles. The molecule has 0 radical (unpaired) electrons. The van der Waals surface area contributed by atoms with E-state index in [0.717, 1.165) is 52.0 Å². The van der Waals surface area contributed by atoms with E-state index < -0.39 is 0 Å². The predicted octanol–water partition coefficient (Wildman–Crippen LogP) is 6.25. The number of aromatic nitrogens is 1. The monoisotopic (exact) mass is 445 g/mol. The van der Waals surface area contributed by atoms with Crippen LogP contribution >= 0.6 is 11.6 Å². The van der Waals surface area contributed by atoms with Crippen LogP contribution in [0.5, 0.6) is 0 Å². The van der Waals surface area contributed by atoms with E-state index in [9.17, 15) is 10.1 Å². The minimum atomic E-state index is -0.284. The van der Waals surface area contributed by atoms with E-state index in [0.29, 0.717) is 12.5 Å². The van der Waals surface area contributed by atoms with Gasteiger partial charge in [0.25, 0.3) is 5.91 Å². The summed E-state index contributed by atoms with van der Waals surface area (Å²) in [5, 5.41) is 14.6. The lowest BCUT2D eigenvalue weighted by Crippen LogP contribution is -2.41. The average Bonchev–Trinajstić information content (AvgIpc) is 3.06. The highest BCUT2D eigenvalue weighted by molar-refractivity contribution is 6.31. The fourth-order valence-corrected chi connectivity index (χ4v) is 4.91. The minimum absolute atomic E-state index is 0.135. The molecule has 1 heterocycles. The number of carbonyl (C=O) groups excluding carboxylic acids is 1.